The van der Waals surface area contributed by atoms with E-state index in [1.807, 2.05) is 6.07 Å². The SMILES string of the molecule is CCC1CN(C)CCCN1c1cccc(N)c1C. The van der Waals surface area contributed by atoms with Crippen molar-refractivity contribution < 1.29 is 0 Å². The molecule has 1 saturated heterocycles. The fourth-order valence-corrected chi connectivity index (χ4v) is 2.86. The maximum absolute atomic E-state index is 6.04. The van der Waals surface area contributed by atoms with Gasteiger partial charge in [-0.15, -0.1) is 0 Å². The van der Waals surface area contributed by atoms with E-state index in [0.717, 1.165) is 18.8 Å². The van der Waals surface area contributed by atoms with Gasteiger partial charge >= 0.3 is 0 Å². The van der Waals surface area contributed by atoms with E-state index in [0.29, 0.717) is 6.04 Å². The van der Waals surface area contributed by atoms with Gasteiger partial charge in [0.25, 0.3) is 0 Å². The lowest BCUT2D eigenvalue weighted by Crippen LogP contribution is -2.40. The molecule has 1 aliphatic rings. The zero-order valence-electron chi connectivity index (χ0n) is 11.8. The summed E-state index contributed by atoms with van der Waals surface area (Å²) in [5, 5.41) is 0. The van der Waals surface area contributed by atoms with Crippen LogP contribution in [-0.4, -0.2) is 37.6 Å². The summed E-state index contributed by atoms with van der Waals surface area (Å²) in [4.78, 5) is 4.99. The van der Waals surface area contributed by atoms with Gasteiger partial charge in [0, 0.05) is 30.5 Å². The molecule has 100 valence electrons. The quantitative estimate of drug-likeness (QED) is 0.815. The highest BCUT2D eigenvalue weighted by atomic mass is 15.2. The predicted octanol–water partition coefficient (Wildman–Crippen LogP) is 2.50. The van der Waals surface area contributed by atoms with Crippen molar-refractivity contribution in [2.45, 2.75) is 32.7 Å². The van der Waals surface area contributed by atoms with Crippen LogP contribution in [0.25, 0.3) is 0 Å². The highest BCUT2D eigenvalue weighted by Gasteiger charge is 2.23. The maximum Gasteiger partial charge on any atom is 0.0419 e. The van der Waals surface area contributed by atoms with Crippen LogP contribution < -0.4 is 10.6 Å². The number of rotatable bonds is 2. The second kappa shape index (κ2) is 5.61. The van der Waals surface area contributed by atoms with Crippen LogP contribution >= 0.6 is 0 Å². The number of likely N-dealkylation sites (N-methyl/N-ethyl adjacent to an activating group) is 1. The molecule has 0 aromatic heterocycles. The van der Waals surface area contributed by atoms with E-state index in [1.165, 1.54) is 30.6 Å². The van der Waals surface area contributed by atoms with Gasteiger partial charge in [-0.3, -0.25) is 0 Å². The van der Waals surface area contributed by atoms with Gasteiger partial charge < -0.3 is 15.5 Å². The average molecular weight is 247 g/mol. The summed E-state index contributed by atoms with van der Waals surface area (Å²) in [7, 11) is 2.22. The van der Waals surface area contributed by atoms with Crippen molar-refractivity contribution in [1.82, 2.24) is 4.90 Å². The molecule has 1 unspecified atom stereocenters. The molecule has 1 heterocycles. The van der Waals surface area contributed by atoms with Crippen LogP contribution in [-0.2, 0) is 0 Å². The summed E-state index contributed by atoms with van der Waals surface area (Å²) in [5.74, 6) is 0. The number of hydrogen-bond acceptors (Lipinski definition) is 3. The Morgan fingerprint density at radius 1 is 1.33 bits per heavy atom. The van der Waals surface area contributed by atoms with E-state index in [2.05, 4.69) is 42.8 Å². The van der Waals surface area contributed by atoms with Gasteiger partial charge in [-0.1, -0.05) is 13.0 Å². The minimum absolute atomic E-state index is 0.595. The van der Waals surface area contributed by atoms with Crippen LogP contribution in [0, 0.1) is 6.92 Å². The molecule has 0 saturated carbocycles. The topological polar surface area (TPSA) is 32.5 Å². The highest BCUT2D eigenvalue weighted by molar-refractivity contribution is 5.64. The van der Waals surface area contributed by atoms with Crippen molar-refractivity contribution in [1.29, 1.82) is 0 Å². The first-order valence-corrected chi connectivity index (χ1v) is 6.93. The van der Waals surface area contributed by atoms with Crippen LogP contribution in [0.3, 0.4) is 0 Å². The molecule has 1 fully saturated rings. The Labute approximate surface area is 111 Å². The first-order valence-electron chi connectivity index (χ1n) is 6.93. The Balaban J connectivity index is 2.31. The number of nitrogens with zero attached hydrogens (tertiary/aromatic N) is 2. The Morgan fingerprint density at radius 3 is 2.83 bits per heavy atom. The Bertz CT molecular complexity index is 403. The molecule has 3 nitrogen and oxygen atoms in total. The number of nitrogens with two attached hydrogens (primary N) is 1. The van der Waals surface area contributed by atoms with Crippen molar-refractivity contribution in [3.8, 4) is 0 Å². The minimum atomic E-state index is 0.595. The largest absolute Gasteiger partial charge is 0.398 e. The number of hydrogen-bond donors (Lipinski definition) is 1. The van der Waals surface area contributed by atoms with Crippen LogP contribution in [0.2, 0.25) is 0 Å². The van der Waals surface area contributed by atoms with E-state index >= 15 is 0 Å². The lowest BCUT2D eigenvalue weighted by Gasteiger charge is -2.33. The molecular formula is C15H25N3. The first-order chi connectivity index (χ1) is 8.63. The van der Waals surface area contributed by atoms with Gasteiger partial charge in [0.1, 0.15) is 0 Å². The summed E-state index contributed by atoms with van der Waals surface area (Å²) in [5.41, 5.74) is 9.49. The van der Waals surface area contributed by atoms with Gasteiger partial charge in [-0.25, -0.2) is 0 Å². The Morgan fingerprint density at radius 2 is 2.11 bits per heavy atom. The van der Waals surface area contributed by atoms with Gasteiger partial charge in [0.05, 0.1) is 0 Å². The third-order valence-electron chi connectivity index (χ3n) is 4.03. The maximum atomic E-state index is 6.04. The van der Waals surface area contributed by atoms with E-state index < -0.39 is 0 Å². The molecule has 2 N–H and O–H groups in total. The molecule has 1 aromatic carbocycles. The van der Waals surface area contributed by atoms with Crippen molar-refractivity contribution in [2.75, 3.05) is 37.3 Å². The van der Waals surface area contributed by atoms with Crippen LogP contribution in [0.4, 0.5) is 11.4 Å². The summed E-state index contributed by atoms with van der Waals surface area (Å²) in [6.07, 6.45) is 2.40. The van der Waals surface area contributed by atoms with Gasteiger partial charge in [-0.2, -0.15) is 0 Å². The molecule has 0 aliphatic carbocycles. The predicted molar refractivity (Wildman–Crippen MR) is 79.1 cm³/mol. The smallest absolute Gasteiger partial charge is 0.0419 e. The first kappa shape index (κ1) is 13.2. The minimum Gasteiger partial charge on any atom is -0.398 e. The van der Waals surface area contributed by atoms with E-state index in [-0.39, 0.29) is 0 Å². The fourth-order valence-electron chi connectivity index (χ4n) is 2.86. The molecule has 18 heavy (non-hydrogen) atoms. The third-order valence-corrected chi connectivity index (χ3v) is 4.03. The van der Waals surface area contributed by atoms with Crippen molar-refractivity contribution >= 4 is 11.4 Å². The Hall–Kier alpha value is -1.22. The standard InChI is InChI=1S/C15H25N3/c1-4-13-11-17(3)9-6-10-18(13)15-8-5-7-14(16)12(15)2/h5,7-8,13H,4,6,9-11,16H2,1-3H3. The van der Waals surface area contributed by atoms with Crippen molar-refractivity contribution in [3.63, 3.8) is 0 Å². The van der Waals surface area contributed by atoms with Crippen molar-refractivity contribution in [2.24, 2.45) is 0 Å². The molecule has 1 aliphatic heterocycles. The monoisotopic (exact) mass is 247 g/mol. The number of benzene rings is 1. The lowest BCUT2D eigenvalue weighted by molar-refractivity contribution is 0.328. The summed E-state index contributed by atoms with van der Waals surface area (Å²) in [6.45, 7) is 7.87. The second-order valence-electron chi connectivity index (χ2n) is 5.36. The van der Waals surface area contributed by atoms with Crippen LogP contribution in [0.5, 0.6) is 0 Å². The highest BCUT2D eigenvalue weighted by Crippen LogP contribution is 2.28. The summed E-state index contributed by atoms with van der Waals surface area (Å²) >= 11 is 0. The van der Waals surface area contributed by atoms with Gasteiger partial charge in [0.2, 0.25) is 0 Å². The molecule has 1 aromatic rings. The van der Waals surface area contributed by atoms with Crippen LogP contribution in [0.15, 0.2) is 18.2 Å². The zero-order valence-corrected chi connectivity index (χ0v) is 11.8. The van der Waals surface area contributed by atoms with E-state index in [4.69, 9.17) is 5.73 Å². The third kappa shape index (κ3) is 2.61. The molecular weight excluding hydrogens is 222 g/mol. The Kier molecular flexibility index (Phi) is 4.12. The van der Waals surface area contributed by atoms with Crippen LogP contribution in [0.1, 0.15) is 25.3 Å². The van der Waals surface area contributed by atoms with Gasteiger partial charge in [-0.05, 0) is 51.1 Å². The fraction of sp³-hybridized carbons (Fsp3) is 0.600. The van der Waals surface area contributed by atoms with E-state index in [1.54, 1.807) is 0 Å². The lowest BCUT2D eigenvalue weighted by atomic mass is 10.1. The molecule has 0 amide bonds. The normalized spacial score (nSPS) is 21.9. The second-order valence-corrected chi connectivity index (χ2v) is 5.36. The van der Waals surface area contributed by atoms with Gasteiger partial charge in [0.15, 0.2) is 0 Å². The molecule has 2 rings (SSSR count). The zero-order chi connectivity index (χ0) is 13.1. The molecule has 1 atom stereocenters. The van der Waals surface area contributed by atoms with Crippen molar-refractivity contribution in [3.05, 3.63) is 23.8 Å². The molecule has 0 spiro atoms. The summed E-state index contributed by atoms with van der Waals surface area (Å²) < 4.78 is 0. The summed E-state index contributed by atoms with van der Waals surface area (Å²) in [6, 6.07) is 6.86. The molecule has 0 bridgehead atoms. The number of nitrogen functional groups attached to an aromatic ring is 1. The van der Waals surface area contributed by atoms with E-state index in [9.17, 15) is 0 Å². The molecule has 3 heteroatoms. The average Bonchev–Trinajstić information content (AvgIpc) is 2.54. The molecule has 0 radical (unpaired) electrons. The number of anilines is 2.